The second kappa shape index (κ2) is 7.09. The first kappa shape index (κ1) is 15.3. The molecule has 0 heterocycles. The van der Waals surface area contributed by atoms with Crippen LogP contribution in [0, 0.1) is 0 Å². The zero-order chi connectivity index (χ0) is 15.2. The van der Waals surface area contributed by atoms with Gasteiger partial charge >= 0.3 is 5.97 Å². The van der Waals surface area contributed by atoms with Crippen LogP contribution in [-0.2, 0) is 4.79 Å². The molecule has 21 heavy (non-hydrogen) atoms. The smallest absolute Gasteiger partial charge is 0.303 e. The highest BCUT2D eigenvalue weighted by Crippen LogP contribution is 2.24. The van der Waals surface area contributed by atoms with Gasteiger partial charge in [0.2, 0.25) is 0 Å². The number of ether oxygens (including phenoxy) is 1. The Morgan fingerprint density at radius 2 is 1.95 bits per heavy atom. The van der Waals surface area contributed by atoms with Crippen molar-refractivity contribution in [3.63, 3.8) is 0 Å². The van der Waals surface area contributed by atoms with Crippen molar-refractivity contribution < 1.29 is 14.6 Å². The molecule has 1 atom stereocenters. The first-order chi connectivity index (χ1) is 10.1. The van der Waals surface area contributed by atoms with Gasteiger partial charge in [0.1, 0.15) is 5.75 Å². The Balaban J connectivity index is 2.02. The minimum Gasteiger partial charge on any atom is -0.497 e. The van der Waals surface area contributed by atoms with Gasteiger partial charge in [-0.1, -0.05) is 18.2 Å². The molecule has 2 aromatic carbocycles. The molecule has 4 nitrogen and oxygen atoms in total. The summed E-state index contributed by atoms with van der Waals surface area (Å²) in [6.07, 6.45) is 0.849. The van der Waals surface area contributed by atoms with Crippen molar-refractivity contribution in [1.82, 2.24) is 5.32 Å². The average molecular weight is 287 g/mol. The van der Waals surface area contributed by atoms with Crippen LogP contribution < -0.4 is 10.1 Å². The second-order valence-electron chi connectivity index (χ2n) is 5.15. The third-order valence-electron chi connectivity index (χ3n) is 3.59. The van der Waals surface area contributed by atoms with Crippen molar-refractivity contribution in [3.05, 3.63) is 42.0 Å². The van der Waals surface area contributed by atoms with Crippen LogP contribution in [0.15, 0.2) is 36.4 Å². The lowest BCUT2D eigenvalue weighted by molar-refractivity contribution is -0.137. The topological polar surface area (TPSA) is 58.6 Å². The summed E-state index contributed by atoms with van der Waals surface area (Å²) in [5.41, 5.74) is 1.20. The number of benzene rings is 2. The van der Waals surface area contributed by atoms with E-state index in [4.69, 9.17) is 9.84 Å². The monoisotopic (exact) mass is 287 g/mol. The molecule has 0 spiro atoms. The molecule has 2 aromatic rings. The summed E-state index contributed by atoms with van der Waals surface area (Å²) in [5, 5.41) is 14.3. The van der Waals surface area contributed by atoms with Gasteiger partial charge in [-0.25, -0.2) is 0 Å². The Labute approximate surface area is 124 Å². The summed E-state index contributed by atoms with van der Waals surface area (Å²) in [6.45, 7) is 2.79. The minimum absolute atomic E-state index is 0.199. The summed E-state index contributed by atoms with van der Waals surface area (Å²) in [4.78, 5) is 10.5. The van der Waals surface area contributed by atoms with E-state index in [9.17, 15) is 4.79 Å². The Morgan fingerprint density at radius 3 is 2.67 bits per heavy atom. The maximum atomic E-state index is 10.5. The van der Waals surface area contributed by atoms with Crippen LogP contribution in [0.3, 0.4) is 0 Å². The maximum Gasteiger partial charge on any atom is 0.303 e. The van der Waals surface area contributed by atoms with Gasteiger partial charge in [-0.2, -0.15) is 0 Å². The third kappa shape index (κ3) is 4.20. The Kier molecular flexibility index (Phi) is 5.17. The number of nitrogens with one attached hydrogen (secondary N) is 1. The molecule has 2 rings (SSSR count). The van der Waals surface area contributed by atoms with Gasteiger partial charge in [0.15, 0.2) is 0 Å². The molecule has 2 N–H and O–H groups in total. The summed E-state index contributed by atoms with van der Waals surface area (Å²) in [5.74, 6) is 0.110. The zero-order valence-corrected chi connectivity index (χ0v) is 12.4. The molecule has 0 bridgehead atoms. The number of methoxy groups -OCH3 is 1. The van der Waals surface area contributed by atoms with E-state index in [-0.39, 0.29) is 12.5 Å². The summed E-state index contributed by atoms with van der Waals surface area (Å²) in [7, 11) is 1.67. The maximum absolute atomic E-state index is 10.5. The van der Waals surface area contributed by atoms with Crippen molar-refractivity contribution in [3.8, 4) is 5.75 Å². The van der Waals surface area contributed by atoms with Crippen LogP contribution in [0.25, 0.3) is 10.8 Å². The van der Waals surface area contributed by atoms with Crippen LogP contribution in [0.4, 0.5) is 0 Å². The Hall–Kier alpha value is -2.07. The number of aliphatic carboxylic acids is 1. The van der Waals surface area contributed by atoms with E-state index in [1.54, 1.807) is 7.11 Å². The SMILES string of the molecule is COc1ccc2cc(C(C)NCCCC(=O)O)ccc2c1. The normalized spacial score (nSPS) is 12.3. The quantitative estimate of drug-likeness (QED) is 0.767. The summed E-state index contributed by atoms with van der Waals surface area (Å²) < 4.78 is 5.22. The average Bonchev–Trinajstić information content (AvgIpc) is 2.50. The van der Waals surface area contributed by atoms with Crippen molar-refractivity contribution >= 4 is 16.7 Å². The van der Waals surface area contributed by atoms with Gasteiger partial charge in [-0.3, -0.25) is 4.79 Å². The molecule has 0 aliphatic heterocycles. The van der Waals surface area contributed by atoms with E-state index >= 15 is 0 Å². The Bertz CT molecular complexity index is 624. The first-order valence-electron chi connectivity index (χ1n) is 7.13. The molecule has 0 radical (unpaired) electrons. The lowest BCUT2D eigenvalue weighted by Crippen LogP contribution is -2.20. The van der Waals surface area contributed by atoms with Crippen molar-refractivity contribution in [2.45, 2.75) is 25.8 Å². The van der Waals surface area contributed by atoms with Crippen LogP contribution >= 0.6 is 0 Å². The van der Waals surface area contributed by atoms with Crippen LogP contribution in [0.5, 0.6) is 5.75 Å². The molecule has 0 saturated heterocycles. The van der Waals surface area contributed by atoms with Crippen LogP contribution in [0.1, 0.15) is 31.4 Å². The van der Waals surface area contributed by atoms with Gasteiger partial charge in [-0.05, 0) is 54.4 Å². The Morgan fingerprint density at radius 1 is 1.24 bits per heavy atom. The van der Waals surface area contributed by atoms with Crippen molar-refractivity contribution in [1.29, 1.82) is 0 Å². The number of rotatable bonds is 7. The predicted octanol–water partition coefficient (Wildman–Crippen LogP) is 3.36. The number of hydrogen-bond acceptors (Lipinski definition) is 3. The van der Waals surface area contributed by atoms with Gasteiger partial charge in [0, 0.05) is 12.5 Å². The van der Waals surface area contributed by atoms with Gasteiger partial charge in [0.25, 0.3) is 0 Å². The third-order valence-corrected chi connectivity index (χ3v) is 3.59. The fraction of sp³-hybridized carbons (Fsp3) is 0.353. The van der Waals surface area contributed by atoms with Crippen molar-refractivity contribution in [2.24, 2.45) is 0 Å². The summed E-state index contributed by atoms with van der Waals surface area (Å²) >= 11 is 0. The molecular formula is C17H21NO3. The minimum atomic E-state index is -0.746. The standard InChI is InChI=1S/C17H21NO3/c1-12(18-9-3-4-17(19)20)13-5-6-15-11-16(21-2)8-7-14(15)10-13/h5-8,10-12,18H,3-4,9H2,1-2H3,(H,19,20). The molecule has 0 fully saturated rings. The van der Waals surface area contributed by atoms with Gasteiger partial charge < -0.3 is 15.2 Å². The second-order valence-corrected chi connectivity index (χ2v) is 5.15. The summed E-state index contributed by atoms with van der Waals surface area (Å²) in [6, 6.07) is 12.6. The zero-order valence-electron chi connectivity index (χ0n) is 12.4. The molecule has 0 aliphatic rings. The fourth-order valence-corrected chi connectivity index (χ4v) is 2.31. The first-order valence-corrected chi connectivity index (χ1v) is 7.13. The number of carboxylic acids is 1. The van der Waals surface area contributed by atoms with Gasteiger partial charge in [-0.15, -0.1) is 0 Å². The molecule has 4 heteroatoms. The van der Waals surface area contributed by atoms with Crippen LogP contribution in [-0.4, -0.2) is 24.7 Å². The molecule has 0 aliphatic carbocycles. The highest BCUT2D eigenvalue weighted by Gasteiger charge is 2.06. The van der Waals surface area contributed by atoms with E-state index in [1.807, 2.05) is 12.1 Å². The highest BCUT2D eigenvalue weighted by molar-refractivity contribution is 5.84. The van der Waals surface area contributed by atoms with Gasteiger partial charge in [0.05, 0.1) is 7.11 Å². The van der Waals surface area contributed by atoms with E-state index in [2.05, 4.69) is 36.5 Å². The lowest BCUT2D eigenvalue weighted by atomic mass is 10.0. The molecule has 0 saturated carbocycles. The number of hydrogen-bond donors (Lipinski definition) is 2. The van der Waals surface area contributed by atoms with E-state index < -0.39 is 5.97 Å². The largest absolute Gasteiger partial charge is 0.497 e. The molecular weight excluding hydrogens is 266 g/mol. The number of fused-ring (bicyclic) bond motifs is 1. The molecule has 0 aromatic heterocycles. The fourth-order valence-electron chi connectivity index (χ4n) is 2.31. The van der Waals surface area contributed by atoms with Crippen LogP contribution in [0.2, 0.25) is 0 Å². The molecule has 1 unspecified atom stereocenters. The van der Waals surface area contributed by atoms with Crippen molar-refractivity contribution in [2.75, 3.05) is 13.7 Å². The molecule has 112 valence electrons. The number of carbonyl (C=O) groups is 1. The highest BCUT2D eigenvalue weighted by atomic mass is 16.5. The van der Waals surface area contributed by atoms with E-state index in [1.165, 1.54) is 10.9 Å². The van der Waals surface area contributed by atoms with E-state index in [0.29, 0.717) is 13.0 Å². The number of carboxylic acid groups (broad SMARTS) is 1. The molecule has 0 amide bonds. The lowest BCUT2D eigenvalue weighted by Gasteiger charge is -2.15. The van der Waals surface area contributed by atoms with E-state index in [0.717, 1.165) is 11.1 Å². The predicted molar refractivity (Wildman–Crippen MR) is 83.8 cm³/mol.